The molecule has 0 N–H and O–H groups in total. The lowest BCUT2D eigenvalue weighted by Gasteiger charge is -2.49. The molecular weight excluding hydrogens is 378 g/mol. The van der Waals surface area contributed by atoms with Crippen LogP contribution in [0.2, 0.25) is 0 Å². The SMILES string of the molecule is CC(C)c1ccccc1C1CN(Cc2ccc(C(C)(F)F)cc2)CCN1C(C)(C)C. The average Bonchev–Trinajstić information content (AvgIpc) is 2.67. The standard InChI is InChI=1S/C26H36F2N2/c1-19(2)22-9-7-8-10-23(22)24-18-29(15-16-30(24)25(3,4)5)17-20-11-13-21(14-12-20)26(6,27)28/h7-14,19,24H,15-18H2,1-6H3. The van der Waals surface area contributed by atoms with Crippen molar-refractivity contribution in [2.24, 2.45) is 0 Å². The van der Waals surface area contributed by atoms with Crippen LogP contribution in [-0.2, 0) is 12.5 Å². The van der Waals surface area contributed by atoms with Gasteiger partial charge in [-0.25, -0.2) is 8.78 Å². The molecule has 1 saturated heterocycles. The highest BCUT2D eigenvalue weighted by Crippen LogP contribution is 2.36. The Balaban J connectivity index is 1.84. The maximum absolute atomic E-state index is 13.5. The Morgan fingerprint density at radius 3 is 2.13 bits per heavy atom. The normalized spacial score (nSPS) is 19.4. The van der Waals surface area contributed by atoms with Crippen LogP contribution in [0.5, 0.6) is 0 Å². The molecule has 2 aromatic carbocycles. The van der Waals surface area contributed by atoms with E-state index in [0.29, 0.717) is 12.0 Å². The highest BCUT2D eigenvalue weighted by Gasteiger charge is 2.36. The van der Waals surface area contributed by atoms with Crippen molar-refractivity contribution in [1.29, 1.82) is 0 Å². The molecule has 0 radical (unpaired) electrons. The molecule has 0 bridgehead atoms. The third-order valence-corrected chi connectivity index (χ3v) is 6.17. The maximum atomic E-state index is 13.5. The van der Waals surface area contributed by atoms with E-state index in [-0.39, 0.29) is 11.1 Å². The first-order valence-corrected chi connectivity index (χ1v) is 11.0. The van der Waals surface area contributed by atoms with Crippen molar-refractivity contribution in [3.8, 4) is 0 Å². The molecule has 4 heteroatoms. The second-order valence-electron chi connectivity index (χ2n) is 9.98. The minimum atomic E-state index is -2.79. The highest BCUT2D eigenvalue weighted by atomic mass is 19.3. The molecule has 1 aliphatic rings. The summed E-state index contributed by atoms with van der Waals surface area (Å²) >= 11 is 0. The van der Waals surface area contributed by atoms with Gasteiger partial charge in [0.25, 0.3) is 5.92 Å². The topological polar surface area (TPSA) is 6.48 Å². The summed E-state index contributed by atoms with van der Waals surface area (Å²) in [5, 5.41) is 0. The van der Waals surface area contributed by atoms with Crippen LogP contribution in [0.3, 0.4) is 0 Å². The summed E-state index contributed by atoms with van der Waals surface area (Å²) in [6.45, 7) is 16.0. The first-order valence-electron chi connectivity index (χ1n) is 11.0. The molecule has 1 unspecified atom stereocenters. The molecule has 2 aromatic rings. The Bertz CT molecular complexity index is 831. The van der Waals surface area contributed by atoms with E-state index >= 15 is 0 Å². The number of piperazine rings is 1. The monoisotopic (exact) mass is 414 g/mol. The van der Waals surface area contributed by atoms with Crippen LogP contribution in [0.25, 0.3) is 0 Å². The van der Waals surface area contributed by atoms with E-state index in [2.05, 4.69) is 68.7 Å². The molecule has 1 heterocycles. The number of rotatable bonds is 5. The zero-order chi connectivity index (χ0) is 22.1. The van der Waals surface area contributed by atoms with Crippen LogP contribution >= 0.6 is 0 Å². The molecule has 0 amide bonds. The van der Waals surface area contributed by atoms with Gasteiger partial charge in [0.15, 0.2) is 0 Å². The predicted octanol–water partition coefficient (Wildman–Crippen LogP) is 6.58. The first kappa shape index (κ1) is 22.9. The number of benzene rings is 2. The van der Waals surface area contributed by atoms with Crippen molar-refractivity contribution < 1.29 is 8.78 Å². The van der Waals surface area contributed by atoms with Gasteiger partial charge in [0.2, 0.25) is 0 Å². The third-order valence-electron chi connectivity index (χ3n) is 6.17. The molecular formula is C26H36F2N2. The minimum absolute atomic E-state index is 0.0764. The molecule has 1 atom stereocenters. The largest absolute Gasteiger partial charge is 0.296 e. The van der Waals surface area contributed by atoms with Crippen molar-refractivity contribution >= 4 is 0 Å². The molecule has 2 nitrogen and oxygen atoms in total. The Kier molecular flexibility index (Phi) is 6.69. The molecule has 0 saturated carbocycles. The fraction of sp³-hybridized carbons (Fsp3) is 0.538. The van der Waals surface area contributed by atoms with Gasteiger partial charge in [-0.1, -0.05) is 62.4 Å². The van der Waals surface area contributed by atoms with Gasteiger partial charge in [0, 0.05) is 50.2 Å². The molecule has 0 aromatic heterocycles. The van der Waals surface area contributed by atoms with E-state index in [4.69, 9.17) is 0 Å². The lowest BCUT2D eigenvalue weighted by molar-refractivity contribution is 0.00549. The van der Waals surface area contributed by atoms with Gasteiger partial charge in [-0.3, -0.25) is 9.80 Å². The Hall–Kier alpha value is -1.78. The molecule has 0 aliphatic carbocycles. The van der Waals surface area contributed by atoms with Gasteiger partial charge >= 0.3 is 0 Å². The van der Waals surface area contributed by atoms with Crippen molar-refractivity contribution in [3.63, 3.8) is 0 Å². The molecule has 1 fully saturated rings. The van der Waals surface area contributed by atoms with E-state index in [9.17, 15) is 8.78 Å². The summed E-state index contributed by atoms with van der Waals surface area (Å²) in [4.78, 5) is 5.08. The zero-order valence-corrected chi connectivity index (χ0v) is 19.3. The summed E-state index contributed by atoms with van der Waals surface area (Å²) in [6, 6.07) is 15.9. The molecule has 1 aliphatic heterocycles. The van der Waals surface area contributed by atoms with Crippen molar-refractivity contribution in [3.05, 3.63) is 70.8 Å². The minimum Gasteiger partial charge on any atom is -0.296 e. The van der Waals surface area contributed by atoms with Gasteiger partial charge < -0.3 is 0 Å². The Labute approximate surface area is 180 Å². The van der Waals surface area contributed by atoms with Gasteiger partial charge in [0.1, 0.15) is 0 Å². The van der Waals surface area contributed by atoms with E-state index in [0.717, 1.165) is 38.7 Å². The third kappa shape index (κ3) is 5.28. The second-order valence-corrected chi connectivity index (χ2v) is 9.98. The van der Waals surface area contributed by atoms with Crippen LogP contribution in [0.4, 0.5) is 8.78 Å². The quantitative estimate of drug-likeness (QED) is 0.545. The Morgan fingerprint density at radius 2 is 1.57 bits per heavy atom. The molecule has 30 heavy (non-hydrogen) atoms. The molecule has 0 spiro atoms. The second kappa shape index (κ2) is 8.76. The van der Waals surface area contributed by atoms with Gasteiger partial charge in [-0.15, -0.1) is 0 Å². The number of nitrogens with zero attached hydrogens (tertiary/aromatic N) is 2. The molecule has 164 valence electrons. The van der Waals surface area contributed by atoms with E-state index in [1.165, 1.54) is 11.1 Å². The van der Waals surface area contributed by atoms with Gasteiger partial charge in [0.05, 0.1) is 0 Å². The van der Waals surface area contributed by atoms with Crippen molar-refractivity contribution in [1.82, 2.24) is 9.80 Å². The summed E-state index contributed by atoms with van der Waals surface area (Å²) in [5.74, 6) is -2.32. The van der Waals surface area contributed by atoms with Crippen LogP contribution in [-0.4, -0.2) is 35.0 Å². The number of halogens is 2. The average molecular weight is 415 g/mol. The van der Waals surface area contributed by atoms with Gasteiger partial charge in [-0.05, 0) is 43.4 Å². The summed E-state index contributed by atoms with van der Waals surface area (Å²) < 4.78 is 27.1. The Morgan fingerprint density at radius 1 is 0.933 bits per heavy atom. The summed E-state index contributed by atoms with van der Waals surface area (Å²) in [5.41, 5.74) is 4.06. The van der Waals surface area contributed by atoms with Gasteiger partial charge in [-0.2, -0.15) is 0 Å². The predicted molar refractivity (Wildman–Crippen MR) is 121 cm³/mol. The lowest BCUT2D eigenvalue weighted by Crippen LogP contribution is -2.55. The number of alkyl halides is 2. The summed E-state index contributed by atoms with van der Waals surface area (Å²) in [7, 11) is 0. The van der Waals surface area contributed by atoms with Crippen molar-refractivity contribution in [2.45, 2.75) is 71.5 Å². The zero-order valence-electron chi connectivity index (χ0n) is 19.3. The van der Waals surface area contributed by atoms with Crippen LogP contribution in [0.15, 0.2) is 48.5 Å². The first-order chi connectivity index (χ1) is 14.0. The van der Waals surface area contributed by atoms with Crippen LogP contribution in [0.1, 0.15) is 75.8 Å². The van der Waals surface area contributed by atoms with Crippen LogP contribution in [0, 0.1) is 0 Å². The number of hydrogen-bond donors (Lipinski definition) is 0. The van der Waals surface area contributed by atoms with E-state index in [1.807, 2.05) is 12.1 Å². The fourth-order valence-electron chi connectivity index (χ4n) is 4.55. The fourth-order valence-corrected chi connectivity index (χ4v) is 4.55. The lowest BCUT2D eigenvalue weighted by atomic mass is 9.88. The van der Waals surface area contributed by atoms with Crippen molar-refractivity contribution in [2.75, 3.05) is 19.6 Å². The van der Waals surface area contributed by atoms with Crippen LogP contribution < -0.4 is 0 Å². The number of hydrogen-bond acceptors (Lipinski definition) is 2. The molecule has 3 rings (SSSR count). The highest BCUT2D eigenvalue weighted by molar-refractivity contribution is 5.33. The smallest absolute Gasteiger partial charge is 0.270 e. The van der Waals surface area contributed by atoms with E-state index in [1.54, 1.807) is 12.1 Å². The summed E-state index contributed by atoms with van der Waals surface area (Å²) in [6.07, 6.45) is 0. The maximum Gasteiger partial charge on any atom is 0.270 e. The van der Waals surface area contributed by atoms with E-state index < -0.39 is 5.92 Å².